The molecular formula is C18H26Cl2N2O4S. The molecule has 1 amide bonds. The van der Waals surface area contributed by atoms with Gasteiger partial charge in [-0.05, 0) is 51.3 Å². The molecule has 0 aromatic heterocycles. The summed E-state index contributed by atoms with van der Waals surface area (Å²) < 4.78 is 32.3. The van der Waals surface area contributed by atoms with Gasteiger partial charge in [0.25, 0.3) is 0 Å². The van der Waals surface area contributed by atoms with Crippen molar-refractivity contribution in [1.82, 2.24) is 9.21 Å². The zero-order chi connectivity index (χ0) is 20.4. The van der Waals surface area contributed by atoms with E-state index in [-0.39, 0.29) is 17.9 Å². The van der Waals surface area contributed by atoms with Crippen LogP contribution in [-0.4, -0.2) is 55.5 Å². The van der Waals surface area contributed by atoms with Crippen LogP contribution in [0.3, 0.4) is 0 Å². The van der Waals surface area contributed by atoms with Gasteiger partial charge < -0.3 is 9.64 Å². The minimum absolute atomic E-state index is 0.146. The third-order valence-electron chi connectivity index (χ3n) is 4.40. The Balaban J connectivity index is 1.96. The molecule has 1 aromatic carbocycles. The van der Waals surface area contributed by atoms with E-state index in [9.17, 15) is 13.2 Å². The van der Waals surface area contributed by atoms with E-state index in [0.717, 1.165) is 0 Å². The number of nitrogens with zero attached hydrogens (tertiary/aromatic N) is 2. The second kappa shape index (κ2) is 8.55. The lowest BCUT2D eigenvalue weighted by Crippen LogP contribution is -2.48. The van der Waals surface area contributed by atoms with Crippen molar-refractivity contribution in [3.05, 3.63) is 33.8 Å². The standard InChI is InChI=1S/C18H26Cl2N2O4S/c1-18(2,3)26-17(23)22-9-7-14(8-10-22)21(4)27(24,25)12-13-5-6-15(19)16(20)11-13/h5-6,11,14H,7-10,12H2,1-4H3. The lowest BCUT2D eigenvalue weighted by atomic mass is 10.1. The average molecular weight is 437 g/mol. The van der Waals surface area contributed by atoms with E-state index in [1.54, 1.807) is 30.1 Å². The molecule has 0 bridgehead atoms. The van der Waals surface area contributed by atoms with Gasteiger partial charge in [0.1, 0.15) is 5.60 Å². The summed E-state index contributed by atoms with van der Waals surface area (Å²) in [5, 5.41) is 0.721. The van der Waals surface area contributed by atoms with Gasteiger partial charge in [-0.3, -0.25) is 0 Å². The summed E-state index contributed by atoms with van der Waals surface area (Å²) in [6.45, 7) is 6.39. The Bertz CT molecular complexity index is 785. The van der Waals surface area contributed by atoms with Gasteiger partial charge in [0.2, 0.25) is 10.0 Å². The van der Waals surface area contributed by atoms with Crippen LogP contribution in [0.15, 0.2) is 18.2 Å². The van der Waals surface area contributed by atoms with Gasteiger partial charge in [0.15, 0.2) is 0 Å². The Morgan fingerprint density at radius 2 is 1.81 bits per heavy atom. The van der Waals surface area contributed by atoms with Gasteiger partial charge in [-0.15, -0.1) is 0 Å². The van der Waals surface area contributed by atoms with Crippen LogP contribution in [0.4, 0.5) is 4.79 Å². The molecule has 0 saturated carbocycles. The summed E-state index contributed by atoms with van der Waals surface area (Å²) in [4.78, 5) is 13.8. The van der Waals surface area contributed by atoms with Crippen LogP contribution in [0.25, 0.3) is 0 Å². The second-order valence-electron chi connectivity index (χ2n) is 7.72. The molecule has 0 N–H and O–H groups in total. The van der Waals surface area contributed by atoms with Gasteiger partial charge in [0.05, 0.1) is 15.8 Å². The molecule has 0 unspecified atom stereocenters. The van der Waals surface area contributed by atoms with Gasteiger partial charge in [-0.25, -0.2) is 17.5 Å². The first kappa shape index (κ1) is 22.3. The van der Waals surface area contributed by atoms with Crippen LogP contribution in [0.2, 0.25) is 10.0 Å². The highest BCUT2D eigenvalue weighted by atomic mass is 35.5. The van der Waals surface area contributed by atoms with Crippen molar-refractivity contribution < 1.29 is 17.9 Å². The number of hydrogen-bond donors (Lipinski definition) is 0. The smallest absolute Gasteiger partial charge is 0.410 e. The summed E-state index contributed by atoms with van der Waals surface area (Å²) >= 11 is 11.9. The van der Waals surface area contributed by atoms with Crippen molar-refractivity contribution in [2.24, 2.45) is 0 Å². The average Bonchev–Trinajstić information content (AvgIpc) is 2.56. The molecule has 1 heterocycles. The second-order valence-corrected chi connectivity index (χ2v) is 10.6. The highest BCUT2D eigenvalue weighted by Crippen LogP contribution is 2.26. The van der Waals surface area contributed by atoms with Crippen molar-refractivity contribution in [3.63, 3.8) is 0 Å². The zero-order valence-electron chi connectivity index (χ0n) is 16.0. The maximum Gasteiger partial charge on any atom is 0.410 e. The largest absolute Gasteiger partial charge is 0.444 e. The SMILES string of the molecule is CN(C1CCN(C(=O)OC(C)(C)C)CC1)S(=O)(=O)Cc1ccc(Cl)c(Cl)c1. The molecule has 1 aliphatic heterocycles. The number of ether oxygens (including phenoxy) is 1. The summed E-state index contributed by atoms with van der Waals surface area (Å²) in [6.07, 6.45) is 0.773. The van der Waals surface area contributed by atoms with E-state index in [4.69, 9.17) is 27.9 Å². The number of carbonyl (C=O) groups excluding carboxylic acids is 1. The first-order chi connectivity index (χ1) is 12.4. The van der Waals surface area contributed by atoms with Crippen LogP contribution >= 0.6 is 23.2 Å². The molecule has 27 heavy (non-hydrogen) atoms. The number of rotatable bonds is 4. The van der Waals surface area contributed by atoms with Crippen LogP contribution < -0.4 is 0 Å². The quantitative estimate of drug-likeness (QED) is 0.710. The third-order valence-corrected chi connectivity index (χ3v) is 7.02. The fourth-order valence-corrected chi connectivity index (χ4v) is 4.70. The number of halogens is 2. The van der Waals surface area contributed by atoms with Gasteiger partial charge in [-0.2, -0.15) is 0 Å². The summed E-state index contributed by atoms with van der Waals surface area (Å²) in [7, 11) is -1.93. The first-order valence-electron chi connectivity index (χ1n) is 8.76. The molecule has 9 heteroatoms. The normalized spacial score (nSPS) is 16.6. The highest BCUT2D eigenvalue weighted by molar-refractivity contribution is 7.88. The topological polar surface area (TPSA) is 66.9 Å². The number of benzene rings is 1. The maximum atomic E-state index is 12.7. The molecule has 0 radical (unpaired) electrons. The molecule has 1 aromatic rings. The minimum atomic E-state index is -3.51. The Labute approximate surface area is 171 Å². The van der Waals surface area contributed by atoms with E-state index in [1.165, 1.54) is 4.31 Å². The molecule has 152 valence electrons. The van der Waals surface area contributed by atoms with Crippen LogP contribution in [0.5, 0.6) is 0 Å². The number of piperidine rings is 1. The number of sulfonamides is 1. The fraction of sp³-hybridized carbons (Fsp3) is 0.611. The maximum absolute atomic E-state index is 12.7. The van der Waals surface area contributed by atoms with E-state index < -0.39 is 15.6 Å². The molecule has 0 aliphatic carbocycles. The molecule has 1 aliphatic rings. The number of carbonyl (C=O) groups is 1. The van der Waals surface area contributed by atoms with Crippen molar-refractivity contribution in [2.75, 3.05) is 20.1 Å². The minimum Gasteiger partial charge on any atom is -0.444 e. The van der Waals surface area contributed by atoms with Crippen molar-refractivity contribution in [1.29, 1.82) is 0 Å². The monoisotopic (exact) mass is 436 g/mol. The number of hydrogen-bond acceptors (Lipinski definition) is 4. The molecule has 1 saturated heterocycles. The van der Waals surface area contributed by atoms with Crippen LogP contribution in [-0.2, 0) is 20.5 Å². The third kappa shape index (κ3) is 6.24. The molecule has 1 fully saturated rings. The van der Waals surface area contributed by atoms with Gasteiger partial charge in [-0.1, -0.05) is 29.3 Å². The van der Waals surface area contributed by atoms with E-state index in [1.807, 2.05) is 20.8 Å². The highest BCUT2D eigenvalue weighted by Gasteiger charge is 2.32. The summed E-state index contributed by atoms with van der Waals surface area (Å²) in [5.74, 6) is -0.146. The van der Waals surface area contributed by atoms with Crippen molar-refractivity contribution >= 4 is 39.3 Å². The van der Waals surface area contributed by atoms with E-state index >= 15 is 0 Å². The summed E-state index contributed by atoms with van der Waals surface area (Å²) in [6, 6.07) is 4.66. The predicted molar refractivity (Wildman–Crippen MR) is 108 cm³/mol. The van der Waals surface area contributed by atoms with Gasteiger partial charge >= 0.3 is 6.09 Å². The lowest BCUT2D eigenvalue weighted by Gasteiger charge is -2.36. The molecule has 0 spiro atoms. The Morgan fingerprint density at radius 1 is 1.22 bits per heavy atom. The lowest BCUT2D eigenvalue weighted by molar-refractivity contribution is 0.0183. The summed E-state index contributed by atoms with van der Waals surface area (Å²) in [5.41, 5.74) is 0.0379. The Morgan fingerprint density at radius 3 is 2.33 bits per heavy atom. The molecular weight excluding hydrogens is 411 g/mol. The number of amides is 1. The fourth-order valence-electron chi connectivity index (χ4n) is 2.91. The molecule has 0 atom stereocenters. The van der Waals surface area contributed by atoms with E-state index in [0.29, 0.717) is 41.5 Å². The van der Waals surface area contributed by atoms with E-state index in [2.05, 4.69) is 0 Å². The Hall–Kier alpha value is -1.02. The predicted octanol–water partition coefficient (Wildman–Crippen LogP) is 4.15. The van der Waals surface area contributed by atoms with Crippen LogP contribution in [0.1, 0.15) is 39.2 Å². The molecule has 2 rings (SSSR count). The van der Waals surface area contributed by atoms with Gasteiger partial charge in [0, 0.05) is 26.2 Å². The van der Waals surface area contributed by atoms with Crippen molar-refractivity contribution in [3.8, 4) is 0 Å². The molecule has 6 nitrogen and oxygen atoms in total. The number of likely N-dealkylation sites (tertiary alicyclic amines) is 1. The van der Waals surface area contributed by atoms with Crippen LogP contribution in [0, 0.1) is 0 Å². The zero-order valence-corrected chi connectivity index (χ0v) is 18.4. The van der Waals surface area contributed by atoms with Crippen molar-refractivity contribution in [2.45, 2.75) is 51.0 Å². The first-order valence-corrected chi connectivity index (χ1v) is 11.1. The Kier molecular flexibility index (Phi) is 7.06.